The van der Waals surface area contributed by atoms with E-state index in [1.165, 1.54) is 6.07 Å². The predicted molar refractivity (Wildman–Crippen MR) is 93.8 cm³/mol. The van der Waals surface area contributed by atoms with E-state index in [0.29, 0.717) is 26.2 Å². The summed E-state index contributed by atoms with van der Waals surface area (Å²) in [7, 11) is 0. The van der Waals surface area contributed by atoms with Crippen molar-refractivity contribution in [1.82, 2.24) is 20.4 Å². The van der Waals surface area contributed by atoms with Crippen LogP contribution in [0.3, 0.4) is 0 Å². The van der Waals surface area contributed by atoms with Crippen LogP contribution in [-0.2, 0) is 0 Å². The van der Waals surface area contributed by atoms with Crippen molar-refractivity contribution in [3.63, 3.8) is 0 Å². The standard InChI is InChI=1S/C18H22N4O4/c23-15(21-10-3-1-8-19-17(21)25)13-6-5-7-14(12-13)16(24)22-11-4-2-9-20-18(22)26/h5-7,12H,1-4,8-11H2,(H,19,25)(H,20,26). The highest BCUT2D eigenvalue weighted by Crippen LogP contribution is 2.14. The minimum absolute atomic E-state index is 0.253. The molecule has 0 radical (unpaired) electrons. The highest BCUT2D eigenvalue weighted by atomic mass is 16.2. The summed E-state index contributed by atoms with van der Waals surface area (Å²) in [6.07, 6.45) is 3.10. The molecular weight excluding hydrogens is 336 g/mol. The zero-order chi connectivity index (χ0) is 18.5. The van der Waals surface area contributed by atoms with E-state index in [9.17, 15) is 19.2 Å². The molecule has 0 atom stereocenters. The van der Waals surface area contributed by atoms with E-state index in [4.69, 9.17) is 0 Å². The van der Waals surface area contributed by atoms with E-state index < -0.39 is 23.9 Å². The zero-order valence-corrected chi connectivity index (χ0v) is 14.5. The molecule has 6 amide bonds. The van der Waals surface area contributed by atoms with Crippen molar-refractivity contribution < 1.29 is 19.2 Å². The van der Waals surface area contributed by atoms with Crippen LogP contribution in [-0.4, -0.2) is 59.9 Å². The van der Waals surface area contributed by atoms with Gasteiger partial charge in [-0.25, -0.2) is 9.59 Å². The van der Waals surface area contributed by atoms with Gasteiger partial charge in [0.2, 0.25) is 0 Å². The lowest BCUT2D eigenvalue weighted by molar-refractivity contribution is 0.0803. The van der Waals surface area contributed by atoms with Gasteiger partial charge in [0.25, 0.3) is 11.8 Å². The first-order valence-electron chi connectivity index (χ1n) is 8.87. The summed E-state index contributed by atoms with van der Waals surface area (Å²) in [6, 6.07) is 5.33. The van der Waals surface area contributed by atoms with Crippen LogP contribution >= 0.6 is 0 Å². The van der Waals surface area contributed by atoms with Crippen molar-refractivity contribution >= 4 is 23.9 Å². The Morgan fingerprint density at radius 2 is 1.23 bits per heavy atom. The molecule has 1 aromatic rings. The molecule has 0 spiro atoms. The number of imide groups is 2. The average molecular weight is 358 g/mol. The summed E-state index contributed by atoms with van der Waals surface area (Å²) < 4.78 is 0. The lowest BCUT2D eigenvalue weighted by Gasteiger charge is -2.20. The minimum atomic E-state index is -0.445. The molecule has 2 N–H and O–H groups in total. The van der Waals surface area contributed by atoms with Crippen molar-refractivity contribution in [2.75, 3.05) is 26.2 Å². The Balaban J connectivity index is 1.81. The summed E-state index contributed by atoms with van der Waals surface area (Å²) in [6.45, 7) is 1.78. The van der Waals surface area contributed by atoms with Crippen LogP contribution in [0, 0.1) is 0 Å². The first-order valence-corrected chi connectivity index (χ1v) is 8.87. The number of amides is 6. The number of carbonyl (C=O) groups is 4. The largest absolute Gasteiger partial charge is 0.338 e. The van der Waals surface area contributed by atoms with Gasteiger partial charge in [0.05, 0.1) is 0 Å². The lowest BCUT2D eigenvalue weighted by atomic mass is 10.1. The molecule has 8 heteroatoms. The molecular formula is C18H22N4O4. The molecule has 26 heavy (non-hydrogen) atoms. The second-order valence-electron chi connectivity index (χ2n) is 6.37. The number of nitrogens with zero attached hydrogens (tertiary/aromatic N) is 2. The summed E-state index contributed by atoms with van der Waals surface area (Å²) in [5.41, 5.74) is 0.506. The molecule has 1 aromatic carbocycles. The number of carbonyl (C=O) groups excluding carboxylic acids is 4. The third-order valence-corrected chi connectivity index (χ3v) is 4.51. The van der Waals surface area contributed by atoms with Crippen LogP contribution < -0.4 is 10.6 Å². The van der Waals surface area contributed by atoms with Gasteiger partial charge < -0.3 is 10.6 Å². The van der Waals surface area contributed by atoms with Gasteiger partial charge in [-0.3, -0.25) is 19.4 Å². The minimum Gasteiger partial charge on any atom is -0.338 e. The molecule has 0 bridgehead atoms. The van der Waals surface area contributed by atoms with Gasteiger partial charge >= 0.3 is 12.1 Å². The molecule has 0 saturated carbocycles. The fourth-order valence-electron chi connectivity index (χ4n) is 3.06. The van der Waals surface area contributed by atoms with Crippen LogP contribution in [0.25, 0.3) is 0 Å². The fourth-order valence-corrected chi connectivity index (χ4v) is 3.06. The van der Waals surface area contributed by atoms with Crippen LogP contribution in [0.5, 0.6) is 0 Å². The van der Waals surface area contributed by atoms with E-state index in [2.05, 4.69) is 10.6 Å². The third kappa shape index (κ3) is 3.84. The van der Waals surface area contributed by atoms with E-state index in [-0.39, 0.29) is 11.1 Å². The maximum absolute atomic E-state index is 12.7. The third-order valence-electron chi connectivity index (χ3n) is 4.51. The maximum atomic E-state index is 12.7. The smallest absolute Gasteiger partial charge is 0.324 e. The molecule has 0 aromatic heterocycles. The van der Waals surface area contributed by atoms with Gasteiger partial charge in [-0.15, -0.1) is 0 Å². The van der Waals surface area contributed by atoms with Crippen LogP contribution in [0.4, 0.5) is 9.59 Å². The SMILES string of the molecule is O=C1NCCCCN1C(=O)c1cccc(C(=O)N2CCCCNC2=O)c1. The van der Waals surface area contributed by atoms with Gasteiger partial charge in [-0.2, -0.15) is 0 Å². The Bertz CT molecular complexity index is 676. The van der Waals surface area contributed by atoms with Crippen LogP contribution in [0.15, 0.2) is 24.3 Å². The number of rotatable bonds is 2. The van der Waals surface area contributed by atoms with Gasteiger partial charge in [-0.05, 0) is 43.9 Å². The van der Waals surface area contributed by atoms with Gasteiger partial charge in [0.1, 0.15) is 0 Å². The number of nitrogens with one attached hydrogen (secondary N) is 2. The van der Waals surface area contributed by atoms with Crippen molar-refractivity contribution in [3.8, 4) is 0 Å². The fraction of sp³-hybridized carbons (Fsp3) is 0.444. The monoisotopic (exact) mass is 358 g/mol. The normalized spacial score (nSPS) is 18.5. The molecule has 138 valence electrons. The first-order chi connectivity index (χ1) is 12.6. The van der Waals surface area contributed by atoms with Gasteiger partial charge in [-0.1, -0.05) is 6.07 Å². The number of hydrogen-bond acceptors (Lipinski definition) is 4. The molecule has 2 aliphatic heterocycles. The molecule has 8 nitrogen and oxygen atoms in total. The van der Waals surface area contributed by atoms with E-state index in [1.807, 2.05) is 0 Å². The topological polar surface area (TPSA) is 98.8 Å². The summed E-state index contributed by atoms with van der Waals surface area (Å²) in [4.78, 5) is 51.8. The highest BCUT2D eigenvalue weighted by Gasteiger charge is 2.27. The zero-order valence-electron chi connectivity index (χ0n) is 14.5. The van der Waals surface area contributed by atoms with Crippen LogP contribution in [0.2, 0.25) is 0 Å². The van der Waals surface area contributed by atoms with Gasteiger partial charge in [0.15, 0.2) is 0 Å². The Morgan fingerprint density at radius 1 is 0.769 bits per heavy atom. The second kappa shape index (κ2) is 7.99. The summed E-state index contributed by atoms with van der Waals surface area (Å²) in [5.74, 6) is -0.890. The maximum Gasteiger partial charge on any atom is 0.324 e. The molecule has 2 fully saturated rings. The van der Waals surface area contributed by atoms with Crippen molar-refractivity contribution in [2.45, 2.75) is 25.7 Å². The van der Waals surface area contributed by atoms with Crippen LogP contribution in [0.1, 0.15) is 46.4 Å². The van der Waals surface area contributed by atoms with E-state index in [1.54, 1.807) is 18.2 Å². The average Bonchev–Trinajstić information content (AvgIpc) is 3.00. The molecule has 3 rings (SSSR count). The molecule has 2 heterocycles. The molecule has 0 aliphatic carbocycles. The number of hydrogen-bond donors (Lipinski definition) is 2. The highest BCUT2D eigenvalue weighted by molar-refractivity contribution is 6.08. The Hall–Kier alpha value is -2.90. The Morgan fingerprint density at radius 3 is 1.69 bits per heavy atom. The van der Waals surface area contributed by atoms with E-state index in [0.717, 1.165) is 35.5 Å². The van der Waals surface area contributed by atoms with Gasteiger partial charge in [0, 0.05) is 37.3 Å². The second-order valence-corrected chi connectivity index (χ2v) is 6.37. The molecule has 2 aliphatic rings. The number of urea groups is 2. The van der Waals surface area contributed by atoms with Crippen molar-refractivity contribution in [3.05, 3.63) is 35.4 Å². The quantitative estimate of drug-likeness (QED) is 0.838. The first kappa shape index (κ1) is 17.9. The summed E-state index contributed by atoms with van der Waals surface area (Å²) >= 11 is 0. The molecule has 0 unspecified atom stereocenters. The van der Waals surface area contributed by atoms with Crippen molar-refractivity contribution in [2.24, 2.45) is 0 Å². The van der Waals surface area contributed by atoms with Crippen molar-refractivity contribution in [1.29, 1.82) is 0 Å². The Kier molecular flexibility index (Phi) is 5.50. The number of benzene rings is 1. The Labute approximate surface area is 151 Å². The summed E-state index contributed by atoms with van der Waals surface area (Å²) in [5, 5.41) is 5.37. The predicted octanol–water partition coefficient (Wildman–Crippen LogP) is 1.58. The lowest BCUT2D eigenvalue weighted by Crippen LogP contribution is -2.43. The van der Waals surface area contributed by atoms with E-state index >= 15 is 0 Å². The molecule has 2 saturated heterocycles.